The number of benzene rings is 1. The molecule has 94 valence electrons. The number of aromatic nitrogens is 2. The Labute approximate surface area is 108 Å². The number of hydrogen-bond acceptors (Lipinski definition) is 5. The van der Waals surface area contributed by atoms with Crippen molar-refractivity contribution in [3.05, 3.63) is 41.9 Å². The van der Waals surface area contributed by atoms with Crippen LogP contribution in [0, 0.1) is 0 Å². The van der Waals surface area contributed by atoms with E-state index in [0.29, 0.717) is 12.1 Å². The van der Waals surface area contributed by atoms with Gasteiger partial charge in [0.1, 0.15) is 0 Å². The first-order chi connectivity index (χ1) is 9.31. The third kappa shape index (κ3) is 1.87. The predicted molar refractivity (Wildman–Crippen MR) is 68.2 cm³/mol. The molecule has 0 spiro atoms. The number of para-hydroxylation sites is 1. The molecule has 3 rings (SSSR count). The number of nitrogens with zero attached hydrogens (tertiary/aromatic N) is 4. The molecule has 0 atom stereocenters. The highest BCUT2D eigenvalue weighted by Gasteiger charge is 2.22. The van der Waals surface area contributed by atoms with E-state index in [-0.39, 0.29) is 5.76 Å². The second-order valence-corrected chi connectivity index (χ2v) is 3.95. The van der Waals surface area contributed by atoms with Gasteiger partial charge >= 0.3 is 5.91 Å². The lowest BCUT2D eigenvalue weighted by atomic mass is 10.0. The van der Waals surface area contributed by atoms with Gasteiger partial charge in [0, 0.05) is 23.5 Å². The third-order valence-corrected chi connectivity index (χ3v) is 2.89. The zero-order valence-corrected chi connectivity index (χ0v) is 10.2. The van der Waals surface area contributed by atoms with Gasteiger partial charge in [0.05, 0.1) is 24.7 Å². The number of fused-ring (bicyclic) bond motifs is 1. The molecule has 0 unspecified atom stereocenters. The van der Waals surface area contributed by atoms with Gasteiger partial charge in [-0.05, 0) is 6.07 Å². The number of methoxy groups -OCH3 is 1. The molecular weight excluding hydrogens is 244 g/mol. The monoisotopic (exact) mass is 254 g/mol. The molecule has 0 saturated carbocycles. The van der Waals surface area contributed by atoms with Crippen molar-refractivity contribution in [2.24, 2.45) is 10.2 Å². The van der Waals surface area contributed by atoms with Crippen molar-refractivity contribution < 1.29 is 9.53 Å². The van der Waals surface area contributed by atoms with Crippen LogP contribution in [0.25, 0.3) is 16.6 Å². The van der Waals surface area contributed by atoms with Crippen LogP contribution in [0.1, 0.15) is 5.56 Å². The second kappa shape index (κ2) is 4.56. The minimum atomic E-state index is -0.468. The smallest absolute Gasteiger partial charge is 0.330 e. The molecule has 1 amide bonds. The number of carbonyl (C=O) groups is 1. The molecule has 2 aromatic rings. The summed E-state index contributed by atoms with van der Waals surface area (Å²) in [6.45, 7) is 0.296. The normalized spacial score (nSPS) is 15.1. The van der Waals surface area contributed by atoms with Crippen molar-refractivity contribution in [1.29, 1.82) is 0 Å². The zero-order valence-electron chi connectivity index (χ0n) is 10.2. The summed E-state index contributed by atoms with van der Waals surface area (Å²) in [7, 11) is 1.45. The molecule has 0 saturated heterocycles. The lowest BCUT2D eigenvalue weighted by Crippen LogP contribution is -2.11. The summed E-state index contributed by atoms with van der Waals surface area (Å²) in [4.78, 5) is 20.2. The number of azo groups is 1. The maximum absolute atomic E-state index is 11.7. The molecule has 0 aliphatic carbocycles. The van der Waals surface area contributed by atoms with E-state index in [9.17, 15) is 4.79 Å². The quantitative estimate of drug-likeness (QED) is 0.821. The summed E-state index contributed by atoms with van der Waals surface area (Å²) in [5, 5.41) is 7.32. The Hall–Kier alpha value is -2.63. The standard InChI is InChI=1S/C13H10N4O2/c1-19-12-9(7-16-17-13(12)18)8-3-2-4-10-11(8)15-6-5-14-10/h2-6H,7H2,1H3. The van der Waals surface area contributed by atoms with Gasteiger partial charge in [-0.3, -0.25) is 14.8 Å². The topological polar surface area (TPSA) is 76.8 Å². The molecule has 1 aliphatic rings. The fourth-order valence-corrected chi connectivity index (χ4v) is 2.07. The van der Waals surface area contributed by atoms with Crippen LogP contribution in [0.4, 0.5) is 0 Å². The largest absolute Gasteiger partial charge is 0.491 e. The summed E-state index contributed by atoms with van der Waals surface area (Å²) < 4.78 is 5.15. The van der Waals surface area contributed by atoms with E-state index in [4.69, 9.17) is 4.74 Å². The summed E-state index contributed by atoms with van der Waals surface area (Å²) >= 11 is 0. The molecule has 0 fully saturated rings. The minimum Gasteiger partial charge on any atom is -0.491 e. The van der Waals surface area contributed by atoms with E-state index in [0.717, 1.165) is 16.6 Å². The van der Waals surface area contributed by atoms with Crippen LogP contribution in [0.5, 0.6) is 0 Å². The lowest BCUT2D eigenvalue weighted by molar-refractivity contribution is -0.117. The molecule has 0 radical (unpaired) electrons. The highest BCUT2D eigenvalue weighted by atomic mass is 16.5. The Bertz CT molecular complexity index is 716. The molecule has 1 aliphatic heterocycles. The summed E-state index contributed by atoms with van der Waals surface area (Å²) in [6, 6.07) is 5.60. The van der Waals surface area contributed by atoms with Crippen molar-refractivity contribution in [2.75, 3.05) is 13.7 Å². The first kappa shape index (κ1) is 11.5. The van der Waals surface area contributed by atoms with Crippen LogP contribution in [0.15, 0.2) is 46.6 Å². The van der Waals surface area contributed by atoms with Crippen molar-refractivity contribution in [3.63, 3.8) is 0 Å². The average molecular weight is 254 g/mol. The van der Waals surface area contributed by atoms with E-state index in [2.05, 4.69) is 20.2 Å². The molecule has 6 heteroatoms. The molecule has 0 bridgehead atoms. The van der Waals surface area contributed by atoms with Gasteiger partial charge in [-0.2, -0.15) is 5.11 Å². The highest BCUT2D eigenvalue weighted by molar-refractivity contribution is 6.03. The fourth-order valence-electron chi connectivity index (χ4n) is 2.07. The van der Waals surface area contributed by atoms with Crippen LogP contribution < -0.4 is 0 Å². The predicted octanol–water partition coefficient (Wildman–Crippen LogP) is 1.98. The highest BCUT2D eigenvalue weighted by Crippen LogP contribution is 2.28. The number of hydrogen-bond donors (Lipinski definition) is 0. The van der Waals surface area contributed by atoms with E-state index in [1.165, 1.54) is 7.11 Å². The first-order valence-corrected chi connectivity index (χ1v) is 5.70. The van der Waals surface area contributed by atoms with Crippen molar-refractivity contribution in [1.82, 2.24) is 9.97 Å². The van der Waals surface area contributed by atoms with Crippen LogP contribution in [0.2, 0.25) is 0 Å². The molecule has 19 heavy (non-hydrogen) atoms. The van der Waals surface area contributed by atoms with Crippen molar-refractivity contribution in [3.8, 4) is 0 Å². The number of carbonyl (C=O) groups excluding carboxylic acids is 1. The summed E-state index contributed by atoms with van der Waals surface area (Å²) in [5.41, 5.74) is 2.97. The van der Waals surface area contributed by atoms with Gasteiger partial charge in [-0.25, -0.2) is 0 Å². The van der Waals surface area contributed by atoms with Gasteiger partial charge in [0.15, 0.2) is 5.76 Å². The summed E-state index contributed by atoms with van der Waals surface area (Å²) in [5.74, 6) is -0.252. The maximum atomic E-state index is 11.7. The average Bonchev–Trinajstić information content (AvgIpc) is 2.46. The molecule has 0 N–H and O–H groups in total. The Morgan fingerprint density at radius 1 is 1.21 bits per heavy atom. The number of rotatable bonds is 2. The molecule has 1 aromatic heterocycles. The van der Waals surface area contributed by atoms with E-state index >= 15 is 0 Å². The Balaban J connectivity index is 2.27. The van der Waals surface area contributed by atoms with Gasteiger partial charge in [0.2, 0.25) is 0 Å². The van der Waals surface area contributed by atoms with Crippen LogP contribution >= 0.6 is 0 Å². The Kier molecular flexibility index (Phi) is 2.75. The zero-order chi connectivity index (χ0) is 13.2. The number of ether oxygens (including phenoxy) is 1. The van der Waals surface area contributed by atoms with Crippen molar-refractivity contribution in [2.45, 2.75) is 0 Å². The first-order valence-electron chi connectivity index (χ1n) is 5.70. The van der Waals surface area contributed by atoms with Crippen LogP contribution in [-0.4, -0.2) is 29.5 Å². The summed E-state index contributed by atoms with van der Waals surface area (Å²) in [6.07, 6.45) is 3.24. The maximum Gasteiger partial charge on any atom is 0.330 e. The van der Waals surface area contributed by atoms with Gasteiger partial charge in [-0.15, -0.1) is 5.11 Å². The van der Waals surface area contributed by atoms with E-state index < -0.39 is 5.91 Å². The third-order valence-electron chi connectivity index (χ3n) is 2.89. The van der Waals surface area contributed by atoms with Gasteiger partial charge < -0.3 is 4.74 Å². The minimum absolute atomic E-state index is 0.216. The van der Waals surface area contributed by atoms with Gasteiger partial charge in [0.25, 0.3) is 0 Å². The Morgan fingerprint density at radius 2 is 2.05 bits per heavy atom. The van der Waals surface area contributed by atoms with Gasteiger partial charge in [-0.1, -0.05) is 12.1 Å². The lowest BCUT2D eigenvalue weighted by Gasteiger charge is -2.14. The number of amides is 1. The second-order valence-electron chi connectivity index (χ2n) is 3.95. The Morgan fingerprint density at radius 3 is 2.89 bits per heavy atom. The van der Waals surface area contributed by atoms with E-state index in [1.54, 1.807) is 12.4 Å². The molecule has 1 aromatic carbocycles. The molecular formula is C13H10N4O2. The van der Waals surface area contributed by atoms with E-state index in [1.807, 2.05) is 18.2 Å². The SMILES string of the molecule is COC1=C(c2cccc3nccnc23)CN=NC1=O. The van der Waals surface area contributed by atoms with Crippen LogP contribution in [-0.2, 0) is 9.53 Å². The van der Waals surface area contributed by atoms with Crippen LogP contribution in [0.3, 0.4) is 0 Å². The van der Waals surface area contributed by atoms with Crippen molar-refractivity contribution >= 4 is 22.5 Å². The molecule has 2 heterocycles. The fraction of sp³-hybridized carbons (Fsp3) is 0.154. The molecule has 6 nitrogen and oxygen atoms in total.